The van der Waals surface area contributed by atoms with E-state index in [4.69, 9.17) is 9.15 Å². The molecule has 26 heavy (non-hydrogen) atoms. The van der Waals surface area contributed by atoms with Crippen LogP contribution in [-0.2, 0) is 0 Å². The van der Waals surface area contributed by atoms with E-state index in [9.17, 15) is 4.79 Å². The van der Waals surface area contributed by atoms with Crippen molar-refractivity contribution >= 4 is 5.97 Å². The van der Waals surface area contributed by atoms with Crippen molar-refractivity contribution in [3.05, 3.63) is 90.9 Å². The highest BCUT2D eigenvalue weighted by molar-refractivity contribution is 5.87. The molecule has 0 unspecified atom stereocenters. The molecule has 5 nitrogen and oxygen atoms in total. The van der Waals surface area contributed by atoms with E-state index in [0.717, 1.165) is 16.7 Å². The smallest absolute Gasteiger partial charge is 0.380 e. The lowest BCUT2D eigenvalue weighted by molar-refractivity contribution is 0.0692. The zero-order chi connectivity index (χ0) is 17.8. The second-order valence-corrected chi connectivity index (χ2v) is 5.57. The van der Waals surface area contributed by atoms with E-state index in [-0.39, 0.29) is 11.6 Å². The number of ether oxygens (including phenoxy) is 1. The average molecular weight is 342 g/mol. The number of carbonyl (C=O) groups is 1. The molecule has 0 aliphatic rings. The van der Waals surface area contributed by atoms with Gasteiger partial charge in [-0.1, -0.05) is 54.6 Å². The Morgan fingerprint density at radius 2 is 1.46 bits per heavy atom. The molecule has 4 rings (SSSR count). The highest BCUT2D eigenvalue weighted by Gasteiger charge is 2.12. The van der Waals surface area contributed by atoms with E-state index >= 15 is 0 Å². The number of rotatable bonds is 4. The van der Waals surface area contributed by atoms with Gasteiger partial charge in [0.15, 0.2) is 0 Å². The van der Waals surface area contributed by atoms with Crippen LogP contribution in [0.1, 0.15) is 10.6 Å². The second kappa shape index (κ2) is 7.03. The van der Waals surface area contributed by atoms with Crippen molar-refractivity contribution in [2.75, 3.05) is 0 Å². The molecule has 0 saturated heterocycles. The van der Waals surface area contributed by atoms with Gasteiger partial charge in [0.1, 0.15) is 0 Å². The number of nitrogens with zero attached hydrogens (tertiary/aromatic N) is 2. The maximum atomic E-state index is 11.8. The Balaban J connectivity index is 1.49. The van der Waals surface area contributed by atoms with E-state index in [0.29, 0.717) is 5.69 Å². The molecule has 0 aliphatic carbocycles. The molecule has 0 saturated carbocycles. The molecular formula is C21H14N2O3. The molecule has 5 heteroatoms. The maximum Gasteiger partial charge on any atom is 0.380 e. The van der Waals surface area contributed by atoms with E-state index < -0.39 is 5.97 Å². The van der Waals surface area contributed by atoms with Gasteiger partial charge in [-0.3, -0.25) is 0 Å². The summed E-state index contributed by atoms with van der Waals surface area (Å²) >= 11 is 0. The van der Waals surface area contributed by atoms with Gasteiger partial charge in [-0.05, 0) is 29.3 Å². The fourth-order valence-corrected chi connectivity index (χ4v) is 2.53. The minimum absolute atomic E-state index is 0.118. The van der Waals surface area contributed by atoms with Gasteiger partial charge in [-0.25, -0.2) is 4.79 Å². The first-order valence-electron chi connectivity index (χ1n) is 8.05. The van der Waals surface area contributed by atoms with Crippen LogP contribution in [0.15, 0.2) is 89.5 Å². The maximum absolute atomic E-state index is 11.8. The van der Waals surface area contributed by atoms with Crippen LogP contribution in [0.2, 0.25) is 0 Å². The number of furan rings is 1. The van der Waals surface area contributed by atoms with Crippen LogP contribution in [0.4, 0.5) is 0 Å². The summed E-state index contributed by atoms with van der Waals surface area (Å²) in [6, 6.07) is 24.7. The van der Waals surface area contributed by atoms with Gasteiger partial charge in [-0.2, -0.15) is 0 Å². The molecule has 2 aromatic carbocycles. The summed E-state index contributed by atoms with van der Waals surface area (Å²) in [7, 11) is 0. The summed E-state index contributed by atoms with van der Waals surface area (Å²) in [6.45, 7) is 0. The van der Waals surface area contributed by atoms with Gasteiger partial charge in [0.05, 0.1) is 12.0 Å². The first-order valence-corrected chi connectivity index (χ1v) is 8.05. The standard InChI is InChI=1S/C21H14N2O3/c24-21(19-7-4-14-25-19)26-20-13-12-18(22-23-20)17-10-8-16(9-11-17)15-5-2-1-3-6-15/h1-14H. The van der Waals surface area contributed by atoms with Crippen molar-refractivity contribution < 1.29 is 13.9 Å². The summed E-state index contributed by atoms with van der Waals surface area (Å²) < 4.78 is 10.1. The SMILES string of the molecule is O=C(Oc1ccc(-c2ccc(-c3ccccc3)cc2)nn1)c1ccco1. The lowest BCUT2D eigenvalue weighted by atomic mass is 10.0. The van der Waals surface area contributed by atoms with Gasteiger partial charge >= 0.3 is 5.97 Å². The van der Waals surface area contributed by atoms with Crippen LogP contribution in [0.5, 0.6) is 5.88 Å². The fraction of sp³-hybridized carbons (Fsp3) is 0. The van der Waals surface area contributed by atoms with Crippen LogP contribution in [0, 0.1) is 0 Å². The molecule has 0 fully saturated rings. The molecule has 126 valence electrons. The third kappa shape index (κ3) is 3.37. The predicted molar refractivity (Wildman–Crippen MR) is 96.6 cm³/mol. The van der Waals surface area contributed by atoms with Crippen molar-refractivity contribution in [3.8, 4) is 28.3 Å². The van der Waals surface area contributed by atoms with E-state index in [2.05, 4.69) is 22.3 Å². The quantitative estimate of drug-likeness (QED) is 0.506. The molecule has 2 heterocycles. The average Bonchev–Trinajstić information content (AvgIpc) is 3.25. The summed E-state index contributed by atoms with van der Waals surface area (Å²) in [4.78, 5) is 11.8. The van der Waals surface area contributed by atoms with Crippen LogP contribution in [0.25, 0.3) is 22.4 Å². The Morgan fingerprint density at radius 3 is 2.12 bits per heavy atom. The number of aromatic nitrogens is 2. The first kappa shape index (κ1) is 15.8. The molecule has 2 aromatic heterocycles. The highest BCUT2D eigenvalue weighted by atomic mass is 16.6. The second-order valence-electron chi connectivity index (χ2n) is 5.57. The molecule has 0 aliphatic heterocycles. The van der Waals surface area contributed by atoms with Crippen molar-refractivity contribution in [3.63, 3.8) is 0 Å². The minimum Gasteiger partial charge on any atom is -0.457 e. The Kier molecular flexibility index (Phi) is 4.26. The van der Waals surface area contributed by atoms with Crippen molar-refractivity contribution in [1.82, 2.24) is 10.2 Å². The minimum atomic E-state index is -0.607. The van der Waals surface area contributed by atoms with Gasteiger partial charge in [0.2, 0.25) is 11.6 Å². The van der Waals surface area contributed by atoms with Crippen LogP contribution in [0.3, 0.4) is 0 Å². The molecule has 4 aromatic rings. The van der Waals surface area contributed by atoms with Gasteiger partial charge < -0.3 is 9.15 Å². The molecule has 0 atom stereocenters. The van der Waals surface area contributed by atoms with Gasteiger partial charge in [0, 0.05) is 11.6 Å². The van der Waals surface area contributed by atoms with Crippen molar-refractivity contribution in [2.45, 2.75) is 0 Å². The van der Waals surface area contributed by atoms with Crippen molar-refractivity contribution in [2.24, 2.45) is 0 Å². The lowest BCUT2D eigenvalue weighted by Crippen LogP contribution is -2.08. The Hall–Kier alpha value is -3.73. The Labute approximate surface area is 149 Å². The number of hydrogen-bond donors (Lipinski definition) is 0. The summed E-state index contributed by atoms with van der Waals surface area (Å²) in [5.41, 5.74) is 3.92. The van der Waals surface area contributed by atoms with E-state index in [1.807, 2.05) is 42.5 Å². The van der Waals surface area contributed by atoms with Crippen LogP contribution < -0.4 is 4.74 Å². The molecular weight excluding hydrogens is 328 g/mol. The summed E-state index contributed by atoms with van der Waals surface area (Å²) in [5.74, 6) is -0.368. The molecule has 0 N–H and O–H groups in total. The van der Waals surface area contributed by atoms with E-state index in [1.54, 1.807) is 18.2 Å². The molecule has 0 radical (unpaired) electrons. The zero-order valence-electron chi connectivity index (χ0n) is 13.7. The summed E-state index contributed by atoms with van der Waals surface area (Å²) in [5, 5.41) is 8.08. The molecule has 0 spiro atoms. The monoisotopic (exact) mass is 342 g/mol. The molecule has 0 bridgehead atoms. The van der Waals surface area contributed by atoms with E-state index in [1.165, 1.54) is 12.3 Å². The van der Waals surface area contributed by atoms with Crippen LogP contribution >= 0.6 is 0 Å². The topological polar surface area (TPSA) is 65.2 Å². The Morgan fingerprint density at radius 1 is 0.731 bits per heavy atom. The lowest BCUT2D eigenvalue weighted by Gasteiger charge is -2.05. The first-order chi connectivity index (χ1) is 12.8. The largest absolute Gasteiger partial charge is 0.457 e. The number of benzene rings is 2. The predicted octanol–water partition coefficient (Wildman–Crippen LogP) is 4.62. The van der Waals surface area contributed by atoms with Gasteiger partial charge in [0.25, 0.3) is 0 Å². The summed E-state index contributed by atoms with van der Waals surface area (Å²) in [6.07, 6.45) is 1.41. The number of hydrogen-bond acceptors (Lipinski definition) is 5. The normalized spacial score (nSPS) is 10.5. The Bertz CT molecular complexity index is 994. The molecule has 0 amide bonds. The fourth-order valence-electron chi connectivity index (χ4n) is 2.53. The number of carbonyl (C=O) groups excluding carboxylic acids is 1. The highest BCUT2D eigenvalue weighted by Crippen LogP contribution is 2.24. The van der Waals surface area contributed by atoms with Gasteiger partial charge in [-0.15, -0.1) is 10.2 Å². The third-order valence-electron chi connectivity index (χ3n) is 3.85. The number of esters is 1. The zero-order valence-corrected chi connectivity index (χ0v) is 13.7. The third-order valence-corrected chi connectivity index (χ3v) is 3.85. The van der Waals surface area contributed by atoms with Crippen molar-refractivity contribution in [1.29, 1.82) is 0 Å². The van der Waals surface area contributed by atoms with Crippen LogP contribution in [-0.4, -0.2) is 16.2 Å².